The molecule has 2 rings (SSSR count). The zero-order chi connectivity index (χ0) is 15.8. The summed E-state index contributed by atoms with van der Waals surface area (Å²) in [7, 11) is 0. The number of hydrogen-bond donors (Lipinski definition) is 1. The lowest BCUT2D eigenvalue weighted by molar-refractivity contribution is -0.126. The first kappa shape index (κ1) is 17.2. The van der Waals surface area contributed by atoms with Crippen LogP contribution in [-0.4, -0.2) is 62.3 Å². The van der Waals surface area contributed by atoms with Crippen molar-refractivity contribution in [3.8, 4) is 0 Å². The van der Waals surface area contributed by atoms with Gasteiger partial charge in [-0.1, -0.05) is 11.6 Å². The van der Waals surface area contributed by atoms with Crippen LogP contribution in [0.2, 0.25) is 5.15 Å². The number of aromatic nitrogens is 2. The molecule has 124 valence electrons. The van der Waals surface area contributed by atoms with Crippen LogP contribution in [0.4, 0.5) is 11.8 Å². The monoisotopic (exact) mass is 330 g/mol. The Hall–Kier alpha value is -1.15. The number of nitrogens with one attached hydrogen (secondary N) is 1. The Bertz CT molecular complexity index is 452. The number of rotatable bonds is 8. The van der Waals surface area contributed by atoms with E-state index in [0.29, 0.717) is 44.1 Å². The van der Waals surface area contributed by atoms with Crippen LogP contribution < -0.4 is 10.2 Å². The first-order valence-corrected chi connectivity index (χ1v) is 7.95. The topological polar surface area (TPSA) is 68.7 Å². The van der Waals surface area contributed by atoms with Crippen molar-refractivity contribution in [1.82, 2.24) is 9.97 Å². The number of morpholine rings is 1. The van der Waals surface area contributed by atoms with Gasteiger partial charge in [0.15, 0.2) is 6.29 Å². The maximum atomic E-state index is 6.10. The fourth-order valence-electron chi connectivity index (χ4n) is 2.15. The lowest BCUT2D eigenvalue weighted by Gasteiger charge is -2.28. The zero-order valence-electron chi connectivity index (χ0n) is 13.0. The molecule has 1 saturated heterocycles. The van der Waals surface area contributed by atoms with Gasteiger partial charge in [-0.3, -0.25) is 0 Å². The third kappa shape index (κ3) is 5.24. The van der Waals surface area contributed by atoms with Crippen LogP contribution in [0.3, 0.4) is 0 Å². The lowest BCUT2D eigenvalue weighted by Crippen LogP contribution is -2.37. The molecule has 0 aromatic carbocycles. The molecule has 1 aromatic heterocycles. The van der Waals surface area contributed by atoms with Crippen LogP contribution >= 0.6 is 11.6 Å². The van der Waals surface area contributed by atoms with Crippen molar-refractivity contribution in [2.24, 2.45) is 0 Å². The molecule has 0 atom stereocenters. The smallest absolute Gasteiger partial charge is 0.226 e. The fraction of sp³-hybridized carbons (Fsp3) is 0.714. The van der Waals surface area contributed by atoms with Gasteiger partial charge in [0.25, 0.3) is 0 Å². The Morgan fingerprint density at radius 3 is 2.59 bits per heavy atom. The maximum Gasteiger partial charge on any atom is 0.226 e. The van der Waals surface area contributed by atoms with Crippen LogP contribution in [0.25, 0.3) is 0 Å². The summed E-state index contributed by atoms with van der Waals surface area (Å²) in [5.74, 6) is 1.27. The van der Waals surface area contributed by atoms with E-state index in [-0.39, 0.29) is 6.29 Å². The Morgan fingerprint density at radius 1 is 1.27 bits per heavy atom. The highest BCUT2D eigenvalue weighted by atomic mass is 35.5. The molecule has 0 saturated carbocycles. The average Bonchev–Trinajstić information content (AvgIpc) is 2.53. The summed E-state index contributed by atoms with van der Waals surface area (Å²) in [6.45, 7) is 8.48. The molecule has 8 heteroatoms. The van der Waals surface area contributed by atoms with E-state index >= 15 is 0 Å². The second-order valence-corrected chi connectivity index (χ2v) is 5.08. The number of anilines is 2. The third-order valence-electron chi connectivity index (χ3n) is 3.15. The van der Waals surface area contributed by atoms with E-state index in [1.54, 1.807) is 6.07 Å². The van der Waals surface area contributed by atoms with Gasteiger partial charge in [-0.2, -0.15) is 4.98 Å². The van der Waals surface area contributed by atoms with Crippen molar-refractivity contribution in [2.75, 3.05) is 56.3 Å². The van der Waals surface area contributed by atoms with E-state index in [4.69, 9.17) is 25.8 Å². The highest BCUT2D eigenvalue weighted by Gasteiger charge is 2.15. The van der Waals surface area contributed by atoms with Gasteiger partial charge in [-0.05, 0) is 13.8 Å². The van der Waals surface area contributed by atoms with Gasteiger partial charge in [-0.15, -0.1) is 0 Å². The standard InChI is InChI=1S/C14H23ClN4O3/c1-3-21-13(22-4-2)10-16-14-17-11(15)9-12(18-14)19-5-7-20-8-6-19/h9,13H,3-8,10H2,1-2H3,(H,16,17,18). The minimum absolute atomic E-state index is 0.329. The van der Waals surface area contributed by atoms with Crippen LogP contribution in [0.5, 0.6) is 0 Å². The highest BCUT2D eigenvalue weighted by molar-refractivity contribution is 6.29. The van der Waals surface area contributed by atoms with Crippen LogP contribution in [0, 0.1) is 0 Å². The van der Waals surface area contributed by atoms with E-state index in [0.717, 1.165) is 18.9 Å². The lowest BCUT2D eigenvalue weighted by atomic mass is 10.4. The van der Waals surface area contributed by atoms with Gasteiger partial charge in [0, 0.05) is 32.4 Å². The predicted octanol–water partition coefficient (Wildman–Crippen LogP) is 1.78. The molecule has 1 aliphatic rings. The van der Waals surface area contributed by atoms with Crippen LogP contribution in [-0.2, 0) is 14.2 Å². The van der Waals surface area contributed by atoms with Crippen molar-refractivity contribution >= 4 is 23.4 Å². The quantitative estimate of drug-likeness (QED) is 0.575. The van der Waals surface area contributed by atoms with Gasteiger partial charge >= 0.3 is 0 Å². The fourth-order valence-corrected chi connectivity index (χ4v) is 2.33. The zero-order valence-corrected chi connectivity index (χ0v) is 13.8. The number of hydrogen-bond acceptors (Lipinski definition) is 7. The Morgan fingerprint density at radius 2 is 1.95 bits per heavy atom. The second kappa shape index (κ2) is 9.09. The van der Waals surface area contributed by atoms with E-state index in [2.05, 4.69) is 20.2 Å². The number of ether oxygens (including phenoxy) is 3. The molecule has 0 unspecified atom stereocenters. The minimum Gasteiger partial charge on any atom is -0.378 e. The van der Waals surface area contributed by atoms with E-state index in [9.17, 15) is 0 Å². The molecule has 1 aromatic rings. The largest absolute Gasteiger partial charge is 0.378 e. The molecule has 0 radical (unpaired) electrons. The Labute approximate surface area is 135 Å². The minimum atomic E-state index is -0.329. The van der Waals surface area contributed by atoms with Gasteiger partial charge < -0.3 is 24.4 Å². The first-order valence-electron chi connectivity index (χ1n) is 7.57. The van der Waals surface area contributed by atoms with E-state index in [1.165, 1.54) is 0 Å². The first-order chi connectivity index (χ1) is 10.7. The molecule has 1 N–H and O–H groups in total. The summed E-state index contributed by atoms with van der Waals surface area (Å²) < 4.78 is 16.3. The van der Waals surface area contributed by atoms with Crippen molar-refractivity contribution in [2.45, 2.75) is 20.1 Å². The molecule has 1 fully saturated rings. The van der Waals surface area contributed by atoms with Gasteiger partial charge in [0.2, 0.25) is 5.95 Å². The molecule has 2 heterocycles. The van der Waals surface area contributed by atoms with Gasteiger partial charge in [0.1, 0.15) is 11.0 Å². The van der Waals surface area contributed by atoms with Crippen molar-refractivity contribution < 1.29 is 14.2 Å². The second-order valence-electron chi connectivity index (χ2n) is 4.69. The summed E-state index contributed by atoms with van der Waals surface area (Å²) in [5.41, 5.74) is 0. The van der Waals surface area contributed by atoms with Gasteiger partial charge in [0.05, 0.1) is 19.8 Å². The summed E-state index contributed by atoms with van der Waals surface area (Å²) in [4.78, 5) is 10.8. The summed E-state index contributed by atoms with van der Waals surface area (Å²) in [6, 6.07) is 1.76. The molecule has 0 amide bonds. The number of nitrogens with zero attached hydrogens (tertiary/aromatic N) is 3. The van der Waals surface area contributed by atoms with Crippen LogP contribution in [0.1, 0.15) is 13.8 Å². The average molecular weight is 331 g/mol. The maximum absolute atomic E-state index is 6.10. The normalized spacial score (nSPS) is 15.4. The van der Waals surface area contributed by atoms with Gasteiger partial charge in [-0.25, -0.2) is 4.98 Å². The molecule has 0 spiro atoms. The van der Waals surface area contributed by atoms with E-state index in [1.807, 2.05) is 13.8 Å². The van der Waals surface area contributed by atoms with Crippen molar-refractivity contribution in [3.63, 3.8) is 0 Å². The summed E-state index contributed by atoms with van der Waals surface area (Å²) in [6.07, 6.45) is -0.329. The summed E-state index contributed by atoms with van der Waals surface area (Å²) >= 11 is 6.10. The molecule has 1 aliphatic heterocycles. The van der Waals surface area contributed by atoms with Crippen molar-refractivity contribution in [3.05, 3.63) is 11.2 Å². The molecular formula is C14H23ClN4O3. The molecule has 7 nitrogen and oxygen atoms in total. The molecular weight excluding hydrogens is 308 g/mol. The predicted molar refractivity (Wildman–Crippen MR) is 85.6 cm³/mol. The van der Waals surface area contributed by atoms with E-state index < -0.39 is 0 Å². The molecule has 0 bridgehead atoms. The van der Waals surface area contributed by atoms with Crippen LogP contribution in [0.15, 0.2) is 6.07 Å². The molecule has 22 heavy (non-hydrogen) atoms. The third-order valence-corrected chi connectivity index (χ3v) is 3.34. The Kier molecular flexibility index (Phi) is 7.11. The molecule has 0 aliphatic carbocycles. The van der Waals surface area contributed by atoms with Crippen molar-refractivity contribution in [1.29, 1.82) is 0 Å². The Balaban J connectivity index is 1.99. The summed E-state index contributed by atoms with van der Waals surface area (Å²) in [5, 5.41) is 3.53. The SMILES string of the molecule is CCOC(CNc1nc(Cl)cc(N2CCOCC2)n1)OCC. The number of halogens is 1. The highest BCUT2D eigenvalue weighted by Crippen LogP contribution is 2.19.